The van der Waals surface area contributed by atoms with Crippen LogP contribution in [0.25, 0.3) is 0 Å². The van der Waals surface area contributed by atoms with Gasteiger partial charge in [0.25, 0.3) is 5.91 Å². The van der Waals surface area contributed by atoms with Crippen LogP contribution in [0.4, 0.5) is 5.69 Å². The number of ether oxygens (including phenoxy) is 1. The van der Waals surface area contributed by atoms with Crippen molar-refractivity contribution in [3.63, 3.8) is 0 Å². The summed E-state index contributed by atoms with van der Waals surface area (Å²) in [5.41, 5.74) is 0.510. The lowest BCUT2D eigenvalue weighted by Crippen LogP contribution is -2.37. The highest BCUT2D eigenvalue weighted by Gasteiger charge is 2.47. The van der Waals surface area contributed by atoms with Crippen molar-refractivity contribution in [2.24, 2.45) is 11.8 Å². The molecule has 1 N–H and O–H groups in total. The highest BCUT2D eigenvalue weighted by molar-refractivity contribution is 7.99. The molecule has 3 rings (SSSR count). The molecule has 1 aliphatic heterocycles. The molecule has 1 aromatic rings. The fraction of sp³-hybridized carbons (Fsp3) is 0.350. The molecule has 1 saturated heterocycles. The van der Waals surface area contributed by atoms with Crippen LogP contribution in [-0.2, 0) is 23.9 Å². The summed E-state index contributed by atoms with van der Waals surface area (Å²) >= 11 is 1.27. The monoisotopic (exact) mass is 413 g/mol. The van der Waals surface area contributed by atoms with Crippen molar-refractivity contribution in [2.45, 2.75) is 17.7 Å². The molecule has 1 aromatic carbocycles. The Kier molecular flexibility index (Phi) is 6.67. The largest absolute Gasteiger partial charge is 0.454 e. The van der Waals surface area contributed by atoms with Crippen LogP contribution < -0.4 is 5.32 Å². The average Bonchev–Trinajstić information content (AvgIpc) is 2.97. The fourth-order valence-electron chi connectivity index (χ4n) is 3.34. The molecule has 0 saturated carbocycles. The Bertz CT molecular complexity index is 882. The highest BCUT2D eigenvalue weighted by atomic mass is 32.2. The fourth-order valence-corrected chi connectivity index (χ4v) is 4.01. The maximum atomic E-state index is 12.3. The Morgan fingerprint density at radius 2 is 1.83 bits per heavy atom. The van der Waals surface area contributed by atoms with E-state index < -0.39 is 36.9 Å². The molecule has 3 amide bonds. The molecule has 9 heteroatoms. The van der Waals surface area contributed by atoms with Gasteiger partial charge in [0, 0.05) is 4.90 Å². The molecule has 1 heterocycles. The van der Waals surface area contributed by atoms with Crippen LogP contribution in [0.5, 0.6) is 0 Å². The number of rotatable bonds is 7. The number of para-hydroxylation sites is 1. The normalized spacial score (nSPS) is 20.2. The molecular weight excluding hydrogens is 394 g/mol. The Hall–Kier alpha value is -3.12. The zero-order valence-corrected chi connectivity index (χ0v) is 16.3. The number of amides is 3. The first-order chi connectivity index (χ1) is 14.0. The number of benzene rings is 1. The van der Waals surface area contributed by atoms with Gasteiger partial charge < -0.3 is 10.1 Å². The van der Waals surface area contributed by atoms with Crippen LogP contribution in [0.2, 0.25) is 0 Å². The summed E-state index contributed by atoms with van der Waals surface area (Å²) in [5, 5.41) is 11.3. The van der Waals surface area contributed by atoms with Crippen molar-refractivity contribution in [3.05, 3.63) is 36.4 Å². The number of imide groups is 1. The maximum absolute atomic E-state index is 12.3. The van der Waals surface area contributed by atoms with E-state index in [1.54, 1.807) is 24.3 Å². The second-order valence-corrected chi connectivity index (χ2v) is 7.59. The minimum Gasteiger partial charge on any atom is -0.454 e. The van der Waals surface area contributed by atoms with E-state index in [9.17, 15) is 19.2 Å². The number of nitrogens with one attached hydrogen (secondary N) is 1. The van der Waals surface area contributed by atoms with Gasteiger partial charge in [-0.2, -0.15) is 5.26 Å². The molecule has 1 aliphatic carbocycles. The molecule has 2 atom stereocenters. The number of esters is 1. The van der Waals surface area contributed by atoms with E-state index in [1.807, 2.05) is 18.2 Å². The van der Waals surface area contributed by atoms with E-state index in [0.29, 0.717) is 18.5 Å². The van der Waals surface area contributed by atoms with Crippen molar-refractivity contribution in [2.75, 3.05) is 24.2 Å². The van der Waals surface area contributed by atoms with E-state index in [1.165, 1.54) is 11.8 Å². The van der Waals surface area contributed by atoms with Crippen LogP contribution in [0.3, 0.4) is 0 Å². The number of likely N-dealkylation sites (tertiary alicyclic amines) is 1. The van der Waals surface area contributed by atoms with Crippen molar-refractivity contribution in [3.8, 4) is 6.07 Å². The van der Waals surface area contributed by atoms with Crippen LogP contribution >= 0.6 is 11.8 Å². The number of carbonyl (C=O) groups is 4. The number of anilines is 1. The third kappa shape index (κ3) is 4.84. The summed E-state index contributed by atoms with van der Waals surface area (Å²) in [6.45, 7) is -1.03. The van der Waals surface area contributed by atoms with E-state index in [0.717, 1.165) is 9.80 Å². The van der Waals surface area contributed by atoms with Crippen molar-refractivity contribution in [1.82, 2.24) is 4.90 Å². The number of carbonyl (C=O) groups excluding carboxylic acids is 4. The van der Waals surface area contributed by atoms with Gasteiger partial charge in [-0.3, -0.25) is 24.1 Å². The first kappa shape index (κ1) is 20.6. The summed E-state index contributed by atoms with van der Waals surface area (Å²) in [4.78, 5) is 50.5. The van der Waals surface area contributed by atoms with E-state index in [-0.39, 0.29) is 17.6 Å². The zero-order chi connectivity index (χ0) is 20.8. The number of fused-ring (bicyclic) bond motifs is 1. The zero-order valence-electron chi connectivity index (χ0n) is 15.5. The molecule has 8 nitrogen and oxygen atoms in total. The Morgan fingerprint density at radius 1 is 1.17 bits per heavy atom. The molecule has 0 radical (unpaired) electrons. The maximum Gasteiger partial charge on any atom is 0.326 e. The lowest BCUT2D eigenvalue weighted by atomic mass is 9.85. The molecule has 29 heavy (non-hydrogen) atoms. The SMILES string of the molecule is N#CCSc1ccccc1NC(=O)COC(=O)CN1C(=O)[C@H]2CC=CC[C@H]2C1=O. The van der Waals surface area contributed by atoms with Gasteiger partial charge in [-0.1, -0.05) is 24.3 Å². The van der Waals surface area contributed by atoms with Crippen LogP contribution in [0.15, 0.2) is 41.3 Å². The number of nitriles is 1. The molecule has 1 fully saturated rings. The van der Waals surface area contributed by atoms with Gasteiger partial charge >= 0.3 is 5.97 Å². The molecule has 2 aliphatic rings. The second kappa shape index (κ2) is 9.39. The molecule has 0 aromatic heterocycles. The Morgan fingerprint density at radius 3 is 2.48 bits per heavy atom. The van der Waals surface area contributed by atoms with Crippen LogP contribution in [0, 0.1) is 23.2 Å². The quantitative estimate of drug-likeness (QED) is 0.313. The van der Waals surface area contributed by atoms with Gasteiger partial charge in [0.05, 0.1) is 29.3 Å². The van der Waals surface area contributed by atoms with Crippen molar-refractivity contribution in [1.29, 1.82) is 5.26 Å². The van der Waals surface area contributed by atoms with Crippen LogP contribution in [-0.4, -0.2) is 47.5 Å². The number of allylic oxidation sites excluding steroid dienone is 2. The third-order valence-electron chi connectivity index (χ3n) is 4.70. The second-order valence-electron chi connectivity index (χ2n) is 6.57. The minimum atomic E-state index is -0.819. The van der Waals surface area contributed by atoms with E-state index in [4.69, 9.17) is 10.00 Å². The van der Waals surface area contributed by atoms with Gasteiger partial charge in [0.2, 0.25) is 11.8 Å². The van der Waals surface area contributed by atoms with Gasteiger partial charge in [-0.05, 0) is 25.0 Å². The number of nitrogens with zero attached hydrogens (tertiary/aromatic N) is 2. The molecule has 0 bridgehead atoms. The van der Waals surface area contributed by atoms with E-state index >= 15 is 0 Å². The Labute approximate surface area is 171 Å². The van der Waals surface area contributed by atoms with Gasteiger partial charge in [0.1, 0.15) is 6.54 Å². The predicted octanol–water partition coefficient (Wildman–Crippen LogP) is 1.74. The first-order valence-electron chi connectivity index (χ1n) is 9.05. The number of hydrogen-bond donors (Lipinski definition) is 1. The van der Waals surface area contributed by atoms with Crippen LogP contribution in [0.1, 0.15) is 12.8 Å². The van der Waals surface area contributed by atoms with Crippen molar-refractivity contribution < 1.29 is 23.9 Å². The van der Waals surface area contributed by atoms with Gasteiger partial charge in [0.15, 0.2) is 6.61 Å². The minimum absolute atomic E-state index is 0.233. The highest BCUT2D eigenvalue weighted by Crippen LogP contribution is 2.34. The summed E-state index contributed by atoms with van der Waals surface area (Å²) in [5.74, 6) is -2.70. The van der Waals surface area contributed by atoms with Gasteiger partial charge in [-0.15, -0.1) is 11.8 Å². The summed E-state index contributed by atoms with van der Waals surface area (Å²) in [7, 11) is 0. The molecule has 0 unspecified atom stereocenters. The first-order valence-corrected chi connectivity index (χ1v) is 10.0. The Balaban J connectivity index is 1.50. The molecule has 150 valence electrons. The number of hydrogen-bond acceptors (Lipinski definition) is 7. The number of thioether (sulfide) groups is 1. The molecular formula is C20H19N3O5S. The average molecular weight is 413 g/mol. The topological polar surface area (TPSA) is 117 Å². The lowest BCUT2D eigenvalue weighted by Gasteiger charge is -2.14. The van der Waals surface area contributed by atoms with E-state index in [2.05, 4.69) is 5.32 Å². The van der Waals surface area contributed by atoms with Gasteiger partial charge in [-0.25, -0.2) is 0 Å². The summed E-state index contributed by atoms with van der Waals surface area (Å²) in [6, 6.07) is 8.98. The summed E-state index contributed by atoms with van der Waals surface area (Å²) in [6.07, 6.45) is 4.72. The molecule has 0 spiro atoms. The smallest absolute Gasteiger partial charge is 0.326 e. The van der Waals surface area contributed by atoms with Crippen molar-refractivity contribution >= 4 is 41.1 Å². The predicted molar refractivity (Wildman–Crippen MR) is 104 cm³/mol. The summed E-state index contributed by atoms with van der Waals surface area (Å²) < 4.78 is 4.94. The lowest BCUT2D eigenvalue weighted by molar-refractivity contribution is -0.154. The standard InChI is InChI=1S/C20H19N3O5S/c21-9-10-29-16-8-4-3-7-15(16)22-17(24)12-28-18(25)11-23-19(26)13-5-1-2-6-14(13)20(23)27/h1-4,7-8,13-14H,5-6,10-12H2,(H,22,24)/t13-,14+. The third-order valence-corrected chi connectivity index (χ3v) is 5.64.